The third kappa shape index (κ3) is 3.49. The van der Waals surface area contributed by atoms with E-state index in [1.54, 1.807) is 0 Å². The van der Waals surface area contributed by atoms with E-state index in [0.29, 0.717) is 6.04 Å². The van der Waals surface area contributed by atoms with Crippen LogP contribution in [-0.4, -0.2) is 31.1 Å². The van der Waals surface area contributed by atoms with Crippen LogP contribution in [-0.2, 0) is 0 Å². The number of rotatable bonds is 5. The Hall–Kier alpha value is -0.860. The third-order valence-electron chi connectivity index (χ3n) is 5.74. The van der Waals surface area contributed by atoms with E-state index in [2.05, 4.69) is 47.5 Å². The van der Waals surface area contributed by atoms with E-state index in [0.717, 1.165) is 18.5 Å². The molecule has 1 aliphatic heterocycles. The smallest absolute Gasteiger partial charge is 0.0472 e. The second kappa shape index (κ2) is 6.93. The van der Waals surface area contributed by atoms with Crippen LogP contribution in [0, 0.1) is 5.41 Å². The van der Waals surface area contributed by atoms with Crippen LogP contribution in [0.5, 0.6) is 0 Å². The van der Waals surface area contributed by atoms with Crippen LogP contribution in [0.25, 0.3) is 0 Å². The number of nitrogens with zero attached hydrogens (tertiary/aromatic N) is 1. The summed E-state index contributed by atoms with van der Waals surface area (Å²) >= 11 is 0. The molecule has 3 rings (SSSR count). The predicted octanol–water partition coefficient (Wildman–Crippen LogP) is 3.99. The van der Waals surface area contributed by atoms with Gasteiger partial charge in [0, 0.05) is 12.6 Å². The molecule has 2 heteroatoms. The molecule has 2 aliphatic rings. The van der Waals surface area contributed by atoms with Gasteiger partial charge in [-0.2, -0.15) is 0 Å². The summed E-state index contributed by atoms with van der Waals surface area (Å²) in [7, 11) is 0. The Kier molecular flexibility index (Phi) is 4.97. The lowest BCUT2D eigenvalue weighted by Crippen LogP contribution is -2.43. The van der Waals surface area contributed by atoms with E-state index >= 15 is 0 Å². The molecule has 2 fully saturated rings. The molecule has 1 heterocycles. The summed E-state index contributed by atoms with van der Waals surface area (Å²) in [6, 6.07) is 11.6. The fraction of sp³-hybridized carbons (Fsp3) is 0.684. The predicted molar refractivity (Wildman–Crippen MR) is 89.4 cm³/mol. The summed E-state index contributed by atoms with van der Waals surface area (Å²) in [6.07, 6.45) is 8.76. The molecule has 1 aliphatic carbocycles. The zero-order chi connectivity index (χ0) is 14.5. The van der Waals surface area contributed by atoms with Gasteiger partial charge in [0.25, 0.3) is 0 Å². The maximum Gasteiger partial charge on any atom is 0.0472 e. The van der Waals surface area contributed by atoms with Gasteiger partial charge in [-0.25, -0.2) is 0 Å². The van der Waals surface area contributed by atoms with Crippen molar-refractivity contribution in [2.24, 2.45) is 5.41 Å². The quantitative estimate of drug-likeness (QED) is 0.880. The summed E-state index contributed by atoms with van der Waals surface area (Å²) in [4.78, 5) is 2.72. The van der Waals surface area contributed by atoms with Crippen LogP contribution in [0.2, 0.25) is 0 Å². The molecule has 1 spiro atoms. The fourth-order valence-electron chi connectivity index (χ4n) is 4.35. The SMILES string of the molecule is CCNCC(c1ccccc1)N1CCC2(CCCC2)CC1. The maximum absolute atomic E-state index is 3.56. The topological polar surface area (TPSA) is 15.3 Å². The average molecular weight is 286 g/mol. The number of piperidine rings is 1. The molecule has 21 heavy (non-hydrogen) atoms. The van der Waals surface area contributed by atoms with E-state index < -0.39 is 0 Å². The number of likely N-dealkylation sites (tertiary alicyclic amines) is 1. The molecule has 0 bridgehead atoms. The van der Waals surface area contributed by atoms with Crippen molar-refractivity contribution in [3.05, 3.63) is 35.9 Å². The summed E-state index contributed by atoms with van der Waals surface area (Å²) in [5.41, 5.74) is 2.19. The van der Waals surface area contributed by atoms with Crippen LogP contribution in [0.4, 0.5) is 0 Å². The third-order valence-corrected chi connectivity index (χ3v) is 5.74. The molecule has 2 nitrogen and oxygen atoms in total. The Morgan fingerprint density at radius 3 is 2.33 bits per heavy atom. The molecule has 1 saturated heterocycles. The van der Waals surface area contributed by atoms with Crippen molar-refractivity contribution in [3.8, 4) is 0 Å². The first kappa shape index (κ1) is 15.1. The Balaban J connectivity index is 1.66. The Morgan fingerprint density at radius 1 is 1.05 bits per heavy atom. The maximum atomic E-state index is 3.56. The normalized spacial score (nSPS) is 23.5. The molecule has 0 amide bonds. The van der Waals surface area contributed by atoms with Gasteiger partial charge in [-0.05, 0) is 56.3 Å². The van der Waals surface area contributed by atoms with Crippen molar-refractivity contribution < 1.29 is 0 Å². The van der Waals surface area contributed by atoms with Gasteiger partial charge in [-0.1, -0.05) is 50.1 Å². The van der Waals surface area contributed by atoms with Gasteiger partial charge in [-0.15, -0.1) is 0 Å². The molecule has 0 aromatic heterocycles. The molecular weight excluding hydrogens is 256 g/mol. The summed E-state index contributed by atoms with van der Waals surface area (Å²) < 4.78 is 0. The minimum Gasteiger partial charge on any atom is -0.315 e. The lowest BCUT2D eigenvalue weighted by Gasteiger charge is -2.43. The summed E-state index contributed by atoms with van der Waals surface area (Å²) in [5, 5.41) is 3.56. The molecule has 1 aromatic rings. The lowest BCUT2D eigenvalue weighted by atomic mass is 9.76. The molecule has 1 saturated carbocycles. The van der Waals surface area contributed by atoms with E-state index in [1.807, 2.05) is 0 Å². The highest BCUT2D eigenvalue weighted by Crippen LogP contribution is 2.47. The zero-order valence-corrected chi connectivity index (χ0v) is 13.5. The highest BCUT2D eigenvalue weighted by atomic mass is 15.2. The first-order chi connectivity index (χ1) is 10.3. The first-order valence-electron chi connectivity index (χ1n) is 8.83. The van der Waals surface area contributed by atoms with Crippen LogP contribution >= 0.6 is 0 Å². The van der Waals surface area contributed by atoms with Crippen molar-refractivity contribution >= 4 is 0 Å². The Morgan fingerprint density at radius 2 is 1.71 bits per heavy atom. The monoisotopic (exact) mass is 286 g/mol. The molecule has 1 unspecified atom stereocenters. The van der Waals surface area contributed by atoms with E-state index in [1.165, 1.54) is 57.2 Å². The largest absolute Gasteiger partial charge is 0.315 e. The van der Waals surface area contributed by atoms with E-state index in [4.69, 9.17) is 0 Å². The van der Waals surface area contributed by atoms with Crippen LogP contribution in [0.15, 0.2) is 30.3 Å². The van der Waals surface area contributed by atoms with Gasteiger partial charge in [0.2, 0.25) is 0 Å². The Bertz CT molecular complexity index is 412. The number of hydrogen-bond acceptors (Lipinski definition) is 2. The number of nitrogens with one attached hydrogen (secondary N) is 1. The molecule has 1 aromatic carbocycles. The van der Waals surface area contributed by atoms with Gasteiger partial charge >= 0.3 is 0 Å². The van der Waals surface area contributed by atoms with Crippen molar-refractivity contribution in [3.63, 3.8) is 0 Å². The van der Waals surface area contributed by atoms with Gasteiger partial charge in [-0.3, -0.25) is 4.90 Å². The summed E-state index contributed by atoms with van der Waals surface area (Å²) in [6.45, 7) is 6.90. The summed E-state index contributed by atoms with van der Waals surface area (Å²) in [5.74, 6) is 0. The van der Waals surface area contributed by atoms with Gasteiger partial charge in [0.1, 0.15) is 0 Å². The zero-order valence-electron chi connectivity index (χ0n) is 13.5. The van der Waals surface area contributed by atoms with Crippen molar-refractivity contribution in [1.82, 2.24) is 10.2 Å². The lowest BCUT2D eigenvalue weighted by molar-refractivity contribution is 0.0752. The Labute approximate surface area is 129 Å². The van der Waals surface area contributed by atoms with Crippen molar-refractivity contribution in [1.29, 1.82) is 0 Å². The van der Waals surface area contributed by atoms with Crippen molar-refractivity contribution in [2.45, 2.75) is 51.5 Å². The highest BCUT2D eigenvalue weighted by molar-refractivity contribution is 5.19. The molecule has 116 valence electrons. The van der Waals surface area contributed by atoms with E-state index in [-0.39, 0.29) is 0 Å². The van der Waals surface area contributed by atoms with Crippen LogP contribution in [0.3, 0.4) is 0 Å². The number of benzene rings is 1. The van der Waals surface area contributed by atoms with Gasteiger partial charge < -0.3 is 5.32 Å². The van der Waals surface area contributed by atoms with Crippen LogP contribution < -0.4 is 5.32 Å². The van der Waals surface area contributed by atoms with E-state index in [9.17, 15) is 0 Å². The number of hydrogen-bond donors (Lipinski definition) is 1. The molecule has 1 N–H and O–H groups in total. The van der Waals surface area contributed by atoms with Crippen LogP contribution in [0.1, 0.15) is 57.1 Å². The molecular formula is C19H30N2. The van der Waals surface area contributed by atoms with Crippen molar-refractivity contribution in [2.75, 3.05) is 26.2 Å². The van der Waals surface area contributed by atoms with Gasteiger partial charge in [0.05, 0.1) is 0 Å². The number of likely N-dealkylation sites (N-methyl/N-ethyl adjacent to an activating group) is 1. The minimum absolute atomic E-state index is 0.546. The first-order valence-corrected chi connectivity index (χ1v) is 8.83. The standard InChI is InChI=1S/C19H30N2/c1-2-20-16-18(17-8-4-3-5-9-17)21-14-12-19(13-15-21)10-6-7-11-19/h3-5,8-9,18,20H,2,6-7,10-16H2,1H3. The second-order valence-electron chi connectivity index (χ2n) is 6.98. The second-order valence-corrected chi connectivity index (χ2v) is 6.98. The molecule has 1 atom stereocenters. The molecule has 0 radical (unpaired) electrons. The highest BCUT2D eigenvalue weighted by Gasteiger charge is 2.38. The average Bonchev–Trinajstić information content (AvgIpc) is 2.99. The van der Waals surface area contributed by atoms with Gasteiger partial charge in [0.15, 0.2) is 0 Å². The fourth-order valence-corrected chi connectivity index (χ4v) is 4.35. The minimum atomic E-state index is 0.546.